The van der Waals surface area contributed by atoms with Crippen LogP contribution in [0, 0.1) is 5.82 Å². The zero-order valence-corrected chi connectivity index (χ0v) is 11.7. The highest BCUT2D eigenvalue weighted by molar-refractivity contribution is 5.92. The molecule has 0 saturated heterocycles. The summed E-state index contributed by atoms with van der Waals surface area (Å²) in [6.45, 7) is -2.02. The minimum atomic E-state index is -4.48. The second-order valence-electron chi connectivity index (χ2n) is 4.62. The topological polar surface area (TPSA) is 61.4 Å². The molecule has 0 aliphatic rings. The van der Waals surface area contributed by atoms with Gasteiger partial charge in [0, 0.05) is 5.69 Å². The van der Waals surface area contributed by atoms with Crippen molar-refractivity contribution in [2.75, 3.05) is 32.0 Å². The molecule has 0 radical (unpaired) electrons. The molecule has 22 heavy (non-hydrogen) atoms. The van der Waals surface area contributed by atoms with Crippen LogP contribution in [0.5, 0.6) is 0 Å². The Kier molecular flexibility index (Phi) is 6.29. The molecular weight excluding hydrogens is 306 g/mol. The third-order valence-corrected chi connectivity index (χ3v) is 2.42. The largest absolute Gasteiger partial charge is 0.405 e. The van der Waals surface area contributed by atoms with Gasteiger partial charge in [0.25, 0.3) is 0 Å². The van der Waals surface area contributed by atoms with Gasteiger partial charge in [-0.25, -0.2) is 4.39 Å². The van der Waals surface area contributed by atoms with E-state index in [9.17, 15) is 27.2 Å². The van der Waals surface area contributed by atoms with Crippen molar-refractivity contribution in [2.45, 2.75) is 6.18 Å². The number of hydrogen-bond donors (Lipinski definition) is 2. The summed E-state index contributed by atoms with van der Waals surface area (Å²) in [5, 5.41) is 4.11. The van der Waals surface area contributed by atoms with Crippen LogP contribution in [0.15, 0.2) is 24.3 Å². The van der Waals surface area contributed by atoms with E-state index in [1.165, 1.54) is 30.1 Å². The lowest BCUT2D eigenvalue weighted by Crippen LogP contribution is -2.41. The Hall–Kier alpha value is -2.16. The molecule has 5 nitrogen and oxygen atoms in total. The Labute approximate surface area is 124 Å². The minimum absolute atomic E-state index is 0.226. The number of anilines is 1. The number of carbonyl (C=O) groups is 2. The third-order valence-electron chi connectivity index (χ3n) is 2.42. The van der Waals surface area contributed by atoms with E-state index in [4.69, 9.17) is 0 Å². The Morgan fingerprint density at radius 3 is 2.41 bits per heavy atom. The molecule has 1 aromatic carbocycles. The number of hydrogen-bond acceptors (Lipinski definition) is 3. The summed E-state index contributed by atoms with van der Waals surface area (Å²) in [6, 6.07) is 5.23. The van der Waals surface area contributed by atoms with Gasteiger partial charge >= 0.3 is 6.18 Å². The predicted octanol–water partition coefficient (Wildman–Crippen LogP) is 1.37. The van der Waals surface area contributed by atoms with E-state index in [-0.39, 0.29) is 18.8 Å². The van der Waals surface area contributed by atoms with Crippen molar-refractivity contribution in [3.05, 3.63) is 30.1 Å². The van der Waals surface area contributed by atoms with Crippen molar-refractivity contribution >= 4 is 17.5 Å². The molecule has 0 aliphatic carbocycles. The maximum atomic E-state index is 12.9. The van der Waals surface area contributed by atoms with Gasteiger partial charge in [-0.05, 0) is 25.2 Å². The standard InChI is InChI=1S/C13H15F4N3O2/c1-20(6-11(21)18-8-13(15,16)17)7-12(22)19-10-4-2-3-9(14)5-10/h2-5H,6-8H2,1H3,(H,18,21)(H,19,22). The van der Waals surface area contributed by atoms with Gasteiger partial charge in [-0.3, -0.25) is 14.5 Å². The Bertz CT molecular complexity index is 534. The lowest BCUT2D eigenvalue weighted by molar-refractivity contribution is -0.139. The fourth-order valence-electron chi connectivity index (χ4n) is 1.57. The minimum Gasteiger partial charge on any atom is -0.346 e. The molecule has 2 amide bonds. The predicted molar refractivity (Wildman–Crippen MR) is 71.6 cm³/mol. The van der Waals surface area contributed by atoms with Crippen LogP contribution in [0.25, 0.3) is 0 Å². The first-order chi connectivity index (χ1) is 10.2. The molecule has 0 aliphatic heterocycles. The molecule has 0 saturated carbocycles. The van der Waals surface area contributed by atoms with E-state index in [0.717, 1.165) is 6.07 Å². The maximum absolute atomic E-state index is 12.9. The van der Waals surface area contributed by atoms with Crippen molar-refractivity contribution in [3.63, 3.8) is 0 Å². The van der Waals surface area contributed by atoms with Crippen LogP contribution >= 0.6 is 0 Å². The number of alkyl halides is 3. The van der Waals surface area contributed by atoms with Crippen LogP contribution in [0.1, 0.15) is 0 Å². The summed E-state index contributed by atoms with van der Waals surface area (Å²) in [5.74, 6) is -1.88. The lowest BCUT2D eigenvalue weighted by atomic mass is 10.3. The van der Waals surface area contributed by atoms with E-state index in [2.05, 4.69) is 5.32 Å². The van der Waals surface area contributed by atoms with Gasteiger partial charge in [-0.15, -0.1) is 0 Å². The number of likely N-dealkylation sites (N-methyl/N-ethyl adjacent to an activating group) is 1. The van der Waals surface area contributed by atoms with Crippen molar-refractivity contribution < 1.29 is 27.2 Å². The molecule has 0 bridgehead atoms. The molecule has 9 heteroatoms. The van der Waals surface area contributed by atoms with Crippen LogP contribution in [0.2, 0.25) is 0 Å². The average Bonchev–Trinajstić information content (AvgIpc) is 2.35. The molecule has 0 atom stereocenters. The molecule has 1 aromatic rings. The number of halogens is 4. The summed E-state index contributed by atoms with van der Waals surface area (Å²) in [5.41, 5.74) is 0.250. The molecule has 0 spiro atoms. The molecule has 2 N–H and O–H groups in total. The van der Waals surface area contributed by atoms with E-state index in [1.54, 1.807) is 5.32 Å². The number of benzene rings is 1. The van der Waals surface area contributed by atoms with Crippen molar-refractivity contribution in [3.8, 4) is 0 Å². The molecule has 0 heterocycles. The van der Waals surface area contributed by atoms with Gasteiger partial charge in [0.05, 0.1) is 13.1 Å². The van der Waals surface area contributed by atoms with Crippen molar-refractivity contribution in [1.82, 2.24) is 10.2 Å². The second kappa shape index (κ2) is 7.74. The van der Waals surface area contributed by atoms with Crippen LogP contribution in [0.3, 0.4) is 0 Å². The number of nitrogens with zero attached hydrogens (tertiary/aromatic N) is 1. The molecule has 1 rings (SSSR count). The SMILES string of the molecule is CN(CC(=O)NCC(F)(F)F)CC(=O)Nc1cccc(F)c1. The smallest absolute Gasteiger partial charge is 0.346 e. The number of nitrogens with one attached hydrogen (secondary N) is 2. The van der Waals surface area contributed by atoms with Crippen LogP contribution < -0.4 is 10.6 Å². The van der Waals surface area contributed by atoms with Gasteiger partial charge in [-0.2, -0.15) is 13.2 Å². The quantitative estimate of drug-likeness (QED) is 0.778. The highest BCUT2D eigenvalue weighted by atomic mass is 19.4. The van der Waals surface area contributed by atoms with E-state index in [0.29, 0.717) is 0 Å². The molecule has 0 unspecified atom stereocenters. The summed E-state index contributed by atoms with van der Waals surface area (Å²) < 4.78 is 48.7. The molecule has 0 fully saturated rings. The summed E-state index contributed by atoms with van der Waals surface area (Å²) >= 11 is 0. The highest BCUT2D eigenvalue weighted by Crippen LogP contribution is 2.12. The maximum Gasteiger partial charge on any atom is 0.405 e. The summed E-state index contributed by atoms with van der Waals surface area (Å²) in [7, 11) is 1.40. The van der Waals surface area contributed by atoms with E-state index < -0.39 is 30.4 Å². The first-order valence-electron chi connectivity index (χ1n) is 6.23. The molecule has 122 valence electrons. The number of carbonyl (C=O) groups excluding carboxylic acids is 2. The van der Waals surface area contributed by atoms with Crippen LogP contribution in [-0.4, -0.2) is 49.6 Å². The number of rotatable bonds is 6. The Morgan fingerprint density at radius 1 is 1.18 bits per heavy atom. The Balaban J connectivity index is 2.36. The Morgan fingerprint density at radius 2 is 1.82 bits per heavy atom. The lowest BCUT2D eigenvalue weighted by Gasteiger charge is -2.16. The van der Waals surface area contributed by atoms with Crippen LogP contribution in [-0.2, 0) is 9.59 Å². The van der Waals surface area contributed by atoms with Gasteiger partial charge < -0.3 is 10.6 Å². The van der Waals surface area contributed by atoms with Gasteiger partial charge in [-0.1, -0.05) is 6.07 Å². The molecular formula is C13H15F4N3O2. The molecule has 0 aromatic heterocycles. The second-order valence-corrected chi connectivity index (χ2v) is 4.62. The normalized spacial score (nSPS) is 11.4. The third kappa shape index (κ3) is 7.58. The van der Waals surface area contributed by atoms with Crippen LogP contribution in [0.4, 0.5) is 23.2 Å². The summed E-state index contributed by atoms with van der Waals surface area (Å²) in [6.07, 6.45) is -4.48. The van der Waals surface area contributed by atoms with Crippen molar-refractivity contribution in [1.29, 1.82) is 0 Å². The van der Waals surface area contributed by atoms with Crippen molar-refractivity contribution in [2.24, 2.45) is 0 Å². The monoisotopic (exact) mass is 321 g/mol. The van der Waals surface area contributed by atoms with Gasteiger partial charge in [0.2, 0.25) is 11.8 Å². The van der Waals surface area contributed by atoms with E-state index in [1.807, 2.05) is 0 Å². The van der Waals surface area contributed by atoms with Gasteiger partial charge in [0.15, 0.2) is 0 Å². The fourth-order valence-corrected chi connectivity index (χ4v) is 1.57. The first kappa shape index (κ1) is 17.9. The highest BCUT2D eigenvalue weighted by Gasteiger charge is 2.27. The first-order valence-corrected chi connectivity index (χ1v) is 6.23. The average molecular weight is 321 g/mol. The zero-order valence-electron chi connectivity index (χ0n) is 11.7. The number of amides is 2. The zero-order chi connectivity index (χ0) is 16.8. The van der Waals surface area contributed by atoms with Gasteiger partial charge in [0.1, 0.15) is 12.4 Å². The fraction of sp³-hybridized carbons (Fsp3) is 0.385. The van der Waals surface area contributed by atoms with E-state index >= 15 is 0 Å². The summed E-state index contributed by atoms with van der Waals surface area (Å²) in [4.78, 5) is 24.1.